The summed E-state index contributed by atoms with van der Waals surface area (Å²) in [5.74, 6) is -0.131. The second-order valence-corrected chi connectivity index (χ2v) is 10.6. The predicted octanol–water partition coefficient (Wildman–Crippen LogP) is 3.38. The molecule has 10 nitrogen and oxygen atoms in total. The molecule has 3 atom stereocenters. The molecule has 2 aromatic heterocycles. The summed E-state index contributed by atoms with van der Waals surface area (Å²) in [6.45, 7) is 0. The van der Waals surface area contributed by atoms with Gasteiger partial charge in [0.1, 0.15) is 6.23 Å². The van der Waals surface area contributed by atoms with Crippen molar-refractivity contribution >= 4 is 49.9 Å². The lowest BCUT2D eigenvalue weighted by Crippen LogP contribution is -2.34. The van der Waals surface area contributed by atoms with Crippen LogP contribution in [0.15, 0.2) is 48.8 Å². The standard InChI is InChI=1S/C24H30N8O2S2/c25-19(35-23(27)31-20(33)13-17-5-1-3-9-29-17)12-15-7-8-16(11-15)22(26)36-24(28)32-21(34)14-18-6-2-4-10-30-18/h1-6,9-10,15-16,20,25-26,33H,7-8,11-14H2,(H2,27,31)(H2,28,32,34)/t15-,16+,20?/m0/s1. The summed E-state index contributed by atoms with van der Waals surface area (Å²) >= 11 is 1.94. The van der Waals surface area contributed by atoms with E-state index in [-0.39, 0.29) is 40.9 Å². The van der Waals surface area contributed by atoms with E-state index in [0.29, 0.717) is 27.9 Å². The Morgan fingerprint density at radius 1 is 1.00 bits per heavy atom. The number of hydrogen-bond donors (Lipinski definition) is 7. The van der Waals surface area contributed by atoms with Crippen molar-refractivity contribution in [3.05, 3.63) is 60.2 Å². The van der Waals surface area contributed by atoms with Gasteiger partial charge in [-0.2, -0.15) is 0 Å². The number of aliphatic hydroxyl groups excluding tert-OH is 1. The molecule has 0 spiro atoms. The monoisotopic (exact) mass is 526 g/mol. The molecule has 2 heterocycles. The highest BCUT2D eigenvalue weighted by atomic mass is 32.2. The van der Waals surface area contributed by atoms with Crippen LogP contribution in [0.3, 0.4) is 0 Å². The van der Waals surface area contributed by atoms with Crippen LogP contribution in [-0.4, -0.2) is 47.6 Å². The van der Waals surface area contributed by atoms with Gasteiger partial charge in [0.15, 0.2) is 10.3 Å². The fraction of sp³-hybridized carbons (Fsp3) is 0.375. The molecule has 7 N–H and O–H groups in total. The number of amides is 1. The molecule has 0 aliphatic heterocycles. The third-order valence-electron chi connectivity index (χ3n) is 5.57. The average Bonchev–Trinajstić information content (AvgIpc) is 3.28. The first-order chi connectivity index (χ1) is 17.3. The Hall–Kier alpha value is -3.09. The first-order valence-electron chi connectivity index (χ1n) is 11.5. The largest absolute Gasteiger partial charge is 0.373 e. The summed E-state index contributed by atoms with van der Waals surface area (Å²) < 4.78 is 0. The van der Waals surface area contributed by atoms with Crippen LogP contribution in [0, 0.1) is 33.5 Å². The van der Waals surface area contributed by atoms with E-state index in [9.17, 15) is 9.90 Å². The van der Waals surface area contributed by atoms with E-state index in [2.05, 4.69) is 20.6 Å². The molecule has 0 aromatic carbocycles. The Morgan fingerprint density at radius 2 is 1.69 bits per heavy atom. The second-order valence-electron chi connectivity index (χ2n) is 8.46. The minimum absolute atomic E-state index is 0.0103. The number of aromatic nitrogens is 2. The smallest absolute Gasteiger partial charge is 0.231 e. The molecular formula is C24H30N8O2S2. The summed E-state index contributed by atoms with van der Waals surface area (Å²) in [4.78, 5) is 20.4. The van der Waals surface area contributed by atoms with Crippen molar-refractivity contribution in [1.29, 1.82) is 21.6 Å². The highest BCUT2D eigenvalue weighted by molar-refractivity contribution is 8.26. The predicted molar refractivity (Wildman–Crippen MR) is 145 cm³/mol. The zero-order valence-electron chi connectivity index (χ0n) is 19.7. The molecule has 0 radical (unpaired) electrons. The van der Waals surface area contributed by atoms with Crippen LogP contribution in [-0.2, 0) is 17.6 Å². The zero-order chi connectivity index (χ0) is 25.9. The number of carbonyl (C=O) groups excluding carboxylic acids is 1. The van der Waals surface area contributed by atoms with Crippen LogP contribution in [0.4, 0.5) is 0 Å². The number of amidine groups is 2. The van der Waals surface area contributed by atoms with E-state index in [4.69, 9.17) is 21.6 Å². The van der Waals surface area contributed by atoms with Gasteiger partial charge in [-0.1, -0.05) is 12.1 Å². The van der Waals surface area contributed by atoms with Gasteiger partial charge >= 0.3 is 0 Å². The molecule has 1 amide bonds. The molecule has 1 saturated carbocycles. The van der Waals surface area contributed by atoms with Gasteiger partial charge in [0.2, 0.25) is 5.91 Å². The fourth-order valence-corrected chi connectivity index (χ4v) is 5.46. The Labute approximate surface area is 218 Å². The molecule has 2 aromatic rings. The molecule has 190 valence electrons. The van der Waals surface area contributed by atoms with Crippen molar-refractivity contribution in [3.8, 4) is 0 Å². The molecule has 1 aliphatic carbocycles. The van der Waals surface area contributed by atoms with E-state index in [1.807, 2.05) is 6.07 Å². The highest BCUT2D eigenvalue weighted by Gasteiger charge is 2.30. The lowest BCUT2D eigenvalue weighted by Gasteiger charge is -2.16. The van der Waals surface area contributed by atoms with Crippen molar-refractivity contribution < 1.29 is 9.90 Å². The Bertz CT molecular complexity index is 1080. The minimum Gasteiger partial charge on any atom is -0.373 e. The summed E-state index contributed by atoms with van der Waals surface area (Å²) in [5, 5.41) is 48.6. The first-order valence-corrected chi connectivity index (χ1v) is 13.1. The summed E-state index contributed by atoms with van der Waals surface area (Å²) in [6.07, 6.45) is 5.52. The number of pyridine rings is 2. The molecule has 1 aliphatic rings. The van der Waals surface area contributed by atoms with Crippen molar-refractivity contribution in [1.82, 2.24) is 20.6 Å². The maximum absolute atomic E-state index is 12.1. The van der Waals surface area contributed by atoms with Gasteiger partial charge in [-0.25, -0.2) is 0 Å². The number of carbonyl (C=O) groups is 1. The molecule has 36 heavy (non-hydrogen) atoms. The quantitative estimate of drug-likeness (QED) is 0.156. The maximum Gasteiger partial charge on any atom is 0.231 e. The Kier molecular flexibility index (Phi) is 10.6. The van der Waals surface area contributed by atoms with Gasteiger partial charge in [-0.05, 0) is 79.4 Å². The van der Waals surface area contributed by atoms with Gasteiger partial charge in [0.25, 0.3) is 0 Å². The SMILES string of the molecule is N=C(C[C@H]1CC[C@@H](C(=N)SC(=N)NC(=O)Cc2ccccn2)C1)SC(=N)NC(O)Cc1ccccn1. The third kappa shape index (κ3) is 9.51. The fourth-order valence-electron chi connectivity index (χ4n) is 3.93. The minimum atomic E-state index is -0.958. The number of nitrogens with one attached hydrogen (secondary N) is 6. The van der Waals surface area contributed by atoms with Gasteiger partial charge < -0.3 is 15.7 Å². The van der Waals surface area contributed by atoms with E-state index in [0.717, 1.165) is 42.8 Å². The molecule has 0 bridgehead atoms. The van der Waals surface area contributed by atoms with E-state index in [1.54, 1.807) is 42.7 Å². The van der Waals surface area contributed by atoms with Crippen LogP contribution in [0.1, 0.15) is 37.1 Å². The van der Waals surface area contributed by atoms with E-state index in [1.165, 1.54) is 0 Å². The number of rotatable bonds is 8. The second kappa shape index (κ2) is 13.9. The van der Waals surface area contributed by atoms with Crippen LogP contribution < -0.4 is 10.6 Å². The molecule has 12 heteroatoms. The van der Waals surface area contributed by atoms with Crippen molar-refractivity contribution in [2.24, 2.45) is 11.8 Å². The number of hydrogen-bond acceptors (Lipinski definition) is 10. The van der Waals surface area contributed by atoms with Crippen molar-refractivity contribution in [2.45, 2.75) is 44.8 Å². The van der Waals surface area contributed by atoms with Gasteiger partial charge in [-0.3, -0.25) is 36.4 Å². The zero-order valence-corrected chi connectivity index (χ0v) is 21.3. The number of thioether (sulfide) groups is 2. The Balaban J connectivity index is 1.34. The summed E-state index contributed by atoms with van der Waals surface area (Å²) in [7, 11) is 0. The highest BCUT2D eigenvalue weighted by Crippen LogP contribution is 2.37. The normalized spacial score (nSPS) is 17.7. The summed E-state index contributed by atoms with van der Waals surface area (Å²) in [5.41, 5.74) is 1.33. The lowest BCUT2D eigenvalue weighted by atomic mass is 10.0. The third-order valence-corrected chi connectivity index (χ3v) is 7.16. The van der Waals surface area contributed by atoms with Crippen molar-refractivity contribution in [3.63, 3.8) is 0 Å². The van der Waals surface area contributed by atoms with Gasteiger partial charge in [0, 0.05) is 36.1 Å². The first kappa shape index (κ1) is 27.5. The average molecular weight is 527 g/mol. The van der Waals surface area contributed by atoms with E-state index < -0.39 is 6.23 Å². The van der Waals surface area contributed by atoms with Crippen molar-refractivity contribution in [2.75, 3.05) is 0 Å². The van der Waals surface area contributed by atoms with Crippen LogP contribution in [0.2, 0.25) is 0 Å². The Morgan fingerprint density at radius 3 is 2.36 bits per heavy atom. The topological polar surface area (TPSA) is 183 Å². The number of nitrogens with zero attached hydrogens (tertiary/aromatic N) is 2. The van der Waals surface area contributed by atoms with Crippen LogP contribution >= 0.6 is 23.5 Å². The molecule has 1 fully saturated rings. The van der Waals surface area contributed by atoms with Gasteiger partial charge in [-0.15, -0.1) is 0 Å². The van der Waals surface area contributed by atoms with Gasteiger partial charge in [0.05, 0.1) is 16.5 Å². The molecule has 0 saturated heterocycles. The van der Waals surface area contributed by atoms with Crippen LogP contribution in [0.25, 0.3) is 0 Å². The summed E-state index contributed by atoms with van der Waals surface area (Å²) in [6, 6.07) is 10.7. The van der Waals surface area contributed by atoms with E-state index >= 15 is 0 Å². The molecule has 3 rings (SSSR count). The number of aliphatic hydroxyl groups is 1. The van der Waals surface area contributed by atoms with Crippen LogP contribution in [0.5, 0.6) is 0 Å². The lowest BCUT2D eigenvalue weighted by molar-refractivity contribution is -0.119. The molecule has 1 unspecified atom stereocenters. The maximum atomic E-state index is 12.1. The molecular weight excluding hydrogens is 496 g/mol.